The zero-order chi connectivity index (χ0) is 15.5. The van der Waals surface area contributed by atoms with Crippen LogP contribution in [0.5, 0.6) is 5.75 Å². The second kappa shape index (κ2) is 9.97. The van der Waals surface area contributed by atoms with Gasteiger partial charge in [-0.15, -0.1) is 0 Å². The van der Waals surface area contributed by atoms with E-state index in [0.29, 0.717) is 12.2 Å². The maximum atomic E-state index is 11.7. The molecule has 0 heterocycles. The number of hydrogen-bond acceptors (Lipinski definition) is 4. The van der Waals surface area contributed by atoms with Crippen molar-refractivity contribution in [1.82, 2.24) is 0 Å². The lowest BCUT2D eigenvalue weighted by Gasteiger charge is -2.06. The molecular weight excluding hydrogens is 268 g/mol. The minimum Gasteiger partial charge on any atom is -0.461 e. The fraction of sp³-hybridized carbons (Fsp3) is 0.529. The number of carbonyl (C=O) groups excluding carboxylic acids is 2. The molecule has 4 heteroatoms. The van der Waals surface area contributed by atoms with E-state index in [4.69, 9.17) is 9.47 Å². The maximum absolute atomic E-state index is 11.7. The van der Waals surface area contributed by atoms with Crippen molar-refractivity contribution in [3.8, 4) is 5.75 Å². The predicted octanol–water partition coefficient (Wildman–Crippen LogP) is 4.02. The highest BCUT2D eigenvalue weighted by molar-refractivity contribution is 5.72. The van der Waals surface area contributed by atoms with Gasteiger partial charge in [0, 0.05) is 13.3 Å². The summed E-state index contributed by atoms with van der Waals surface area (Å²) in [4.78, 5) is 22.4. The Kier molecular flexibility index (Phi) is 8.17. The molecule has 0 fully saturated rings. The highest BCUT2D eigenvalue weighted by Crippen LogP contribution is 2.14. The first kappa shape index (κ1) is 17.2. The van der Waals surface area contributed by atoms with Gasteiger partial charge in [0.05, 0.1) is 0 Å². The molecule has 0 amide bonds. The predicted molar refractivity (Wildman–Crippen MR) is 80.9 cm³/mol. The van der Waals surface area contributed by atoms with Crippen LogP contribution in [0.2, 0.25) is 0 Å². The molecule has 1 aromatic rings. The van der Waals surface area contributed by atoms with E-state index < -0.39 is 0 Å². The SMILES string of the molecule is CCCCCCCC(=O)Oc1ccc(COC(C)=O)cc1. The normalized spacial score (nSPS) is 10.2. The van der Waals surface area contributed by atoms with Gasteiger partial charge in [0.15, 0.2) is 0 Å². The third kappa shape index (κ3) is 8.12. The van der Waals surface area contributed by atoms with Crippen LogP contribution in [0.15, 0.2) is 24.3 Å². The van der Waals surface area contributed by atoms with Gasteiger partial charge < -0.3 is 9.47 Å². The Morgan fingerprint density at radius 2 is 1.67 bits per heavy atom. The summed E-state index contributed by atoms with van der Waals surface area (Å²) in [6.07, 6.45) is 6.00. The van der Waals surface area contributed by atoms with Crippen LogP contribution >= 0.6 is 0 Å². The third-order valence-electron chi connectivity index (χ3n) is 3.08. The summed E-state index contributed by atoms with van der Waals surface area (Å²) in [5.74, 6) is 0.0212. The van der Waals surface area contributed by atoms with Crippen LogP contribution in [0.25, 0.3) is 0 Å². The van der Waals surface area contributed by atoms with E-state index in [1.807, 2.05) is 0 Å². The van der Waals surface area contributed by atoms with Crippen LogP contribution in [0.4, 0.5) is 0 Å². The van der Waals surface area contributed by atoms with E-state index in [-0.39, 0.29) is 18.5 Å². The summed E-state index contributed by atoms with van der Waals surface area (Å²) < 4.78 is 10.1. The number of unbranched alkanes of at least 4 members (excludes halogenated alkanes) is 4. The van der Waals surface area contributed by atoms with E-state index in [2.05, 4.69) is 6.92 Å². The molecule has 0 aliphatic heterocycles. The van der Waals surface area contributed by atoms with E-state index in [1.54, 1.807) is 24.3 Å². The summed E-state index contributed by atoms with van der Waals surface area (Å²) >= 11 is 0. The first-order valence-electron chi connectivity index (χ1n) is 7.54. The minimum atomic E-state index is -0.312. The van der Waals surface area contributed by atoms with Crippen molar-refractivity contribution in [2.45, 2.75) is 59.0 Å². The zero-order valence-electron chi connectivity index (χ0n) is 12.9. The Hall–Kier alpha value is -1.84. The summed E-state index contributed by atoms with van der Waals surface area (Å²) in [6, 6.07) is 7.00. The maximum Gasteiger partial charge on any atom is 0.311 e. The van der Waals surface area contributed by atoms with Gasteiger partial charge in [-0.2, -0.15) is 0 Å². The number of carbonyl (C=O) groups is 2. The Labute approximate surface area is 126 Å². The van der Waals surface area contributed by atoms with Crippen molar-refractivity contribution in [3.63, 3.8) is 0 Å². The van der Waals surface area contributed by atoms with Gasteiger partial charge in [-0.05, 0) is 24.1 Å². The number of benzene rings is 1. The van der Waals surface area contributed by atoms with Crippen molar-refractivity contribution in [2.75, 3.05) is 0 Å². The lowest BCUT2D eigenvalue weighted by Crippen LogP contribution is -2.07. The molecule has 1 rings (SSSR count). The average molecular weight is 292 g/mol. The Morgan fingerprint density at radius 3 is 2.29 bits per heavy atom. The fourth-order valence-corrected chi connectivity index (χ4v) is 1.89. The first-order chi connectivity index (χ1) is 10.1. The molecular formula is C17H24O4. The fourth-order valence-electron chi connectivity index (χ4n) is 1.89. The summed E-state index contributed by atoms with van der Waals surface area (Å²) in [7, 11) is 0. The van der Waals surface area contributed by atoms with Gasteiger partial charge in [-0.3, -0.25) is 9.59 Å². The van der Waals surface area contributed by atoms with Crippen LogP contribution in [-0.4, -0.2) is 11.9 Å². The standard InChI is InChI=1S/C17H24O4/c1-3-4-5-6-7-8-17(19)21-16-11-9-15(10-12-16)13-20-14(2)18/h9-12H,3-8,13H2,1-2H3. The molecule has 0 atom stereocenters. The number of ether oxygens (including phenoxy) is 2. The number of hydrogen-bond donors (Lipinski definition) is 0. The molecule has 0 unspecified atom stereocenters. The smallest absolute Gasteiger partial charge is 0.311 e. The van der Waals surface area contributed by atoms with E-state index in [0.717, 1.165) is 18.4 Å². The molecule has 0 radical (unpaired) electrons. The largest absolute Gasteiger partial charge is 0.461 e. The average Bonchev–Trinajstić information content (AvgIpc) is 2.46. The monoisotopic (exact) mass is 292 g/mol. The van der Waals surface area contributed by atoms with Crippen molar-refractivity contribution >= 4 is 11.9 Å². The van der Waals surface area contributed by atoms with E-state index in [9.17, 15) is 9.59 Å². The molecule has 0 aromatic heterocycles. The van der Waals surface area contributed by atoms with Gasteiger partial charge in [0.2, 0.25) is 0 Å². The second-order valence-corrected chi connectivity index (χ2v) is 5.06. The Bertz CT molecular complexity index is 437. The quantitative estimate of drug-likeness (QED) is 0.392. The Morgan fingerprint density at radius 1 is 1.00 bits per heavy atom. The molecule has 0 saturated heterocycles. The van der Waals surface area contributed by atoms with E-state index >= 15 is 0 Å². The van der Waals surface area contributed by atoms with Crippen molar-refractivity contribution in [3.05, 3.63) is 29.8 Å². The van der Waals surface area contributed by atoms with Crippen molar-refractivity contribution < 1.29 is 19.1 Å². The molecule has 0 aliphatic rings. The van der Waals surface area contributed by atoms with Gasteiger partial charge in [-0.1, -0.05) is 44.7 Å². The van der Waals surface area contributed by atoms with Gasteiger partial charge in [0.25, 0.3) is 0 Å². The summed E-state index contributed by atoms with van der Waals surface area (Å²) in [6.45, 7) is 3.77. The first-order valence-corrected chi connectivity index (χ1v) is 7.54. The highest BCUT2D eigenvalue weighted by Gasteiger charge is 2.05. The lowest BCUT2D eigenvalue weighted by molar-refractivity contribution is -0.142. The zero-order valence-corrected chi connectivity index (χ0v) is 12.9. The summed E-state index contributed by atoms with van der Waals surface area (Å²) in [5.41, 5.74) is 0.865. The minimum absolute atomic E-state index is 0.195. The molecule has 21 heavy (non-hydrogen) atoms. The molecule has 0 aliphatic carbocycles. The number of esters is 2. The molecule has 1 aromatic carbocycles. The van der Waals surface area contributed by atoms with E-state index in [1.165, 1.54) is 26.2 Å². The van der Waals surface area contributed by atoms with Gasteiger partial charge in [0.1, 0.15) is 12.4 Å². The van der Waals surface area contributed by atoms with Crippen LogP contribution < -0.4 is 4.74 Å². The van der Waals surface area contributed by atoms with Crippen LogP contribution in [0.3, 0.4) is 0 Å². The van der Waals surface area contributed by atoms with Crippen LogP contribution in [-0.2, 0) is 20.9 Å². The van der Waals surface area contributed by atoms with Crippen molar-refractivity contribution in [2.24, 2.45) is 0 Å². The highest BCUT2D eigenvalue weighted by atomic mass is 16.5. The summed E-state index contributed by atoms with van der Waals surface area (Å²) in [5, 5.41) is 0. The molecule has 0 N–H and O–H groups in total. The third-order valence-corrected chi connectivity index (χ3v) is 3.08. The molecule has 0 saturated carbocycles. The van der Waals surface area contributed by atoms with Crippen LogP contribution in [0.1, 0.15) is 57.9 Å². The second-order valence-electron chi connectivity index (χ2n) is 5.06. The Balaban J connectivity index is 2.27. The molecule has 4 nitrogen and oxygen atoms in total. The van der Waals surface area contributed by atoms with Crippen LogP contribution in [0, 0.1) is 0 Å². The molecule has 116 valence electrons. The van der Waals surface area contributed by atoms with Gasteiger partial charge >= 0.3 is 11.9 Å². The van der Waals surface area contributed by atoms with Crippen molar-refractivity contribution in [1.29, 1.82) is 0 Å². The molecule has 0 bridgehead atoms. The van der Waals surface area contributed by atoms with Gasteiger partial charge in [-0.25, -0.2) is 0 Å². The molecule has 0 spiro atoms. The lowest BCUT2D eigenvalue weighted by atomic mass is 10.1. The topological polar surface area (TPSA) is 52.6 Å². The number of rotatable bonds is 9.